The van der Waals surface area contributed by atoms with E-state index in [4.69, 9.17) is 4.84 Å². The molecule has 0 saturated carbocycles. The van der Waals surface area contributed by atoms with Gasteiger partial charge in [-0.3, -0.25) is 14.4 Å². The number of amides is 2. The summed E-state index contributed by atoms with van der Waals surface area (Å²) in [6, 6.07) is 22.2. The quantitative estimate of drug-likeness (QED) is 0.470. The number of rotatable bonds is 3. The Hall–Kier alpha value is -3.97. The summed E-state index contributed by atoms with van der Waals surface area (Å²) in [5.41, 5.74) is 3.88. The third-order valence-electron chi connectivity index (χ3n) is 6.45. The number of anilines is 2. The lowest BCUT2D eigenvalue weighted by molar-refractivity contribution is -0.126. The maximum Gasteiger partial charge on any atom is 0.266 e. The number of hydroxylamine groups is 1. The third kappa shape index (κ3) is 2.89. The van der Waals surface area contributed by atoms with E-state index in [1.54, 1.807) is 5.06 Å². The number of aryl methyl sites for hydroxylation is 1. The van der Waals surface area contributed by atoms with Crippen molar-refractivity contribution in [2.75, 3.05) is 9.96 Å². The first kappa shape index (κ1) is 19.7. The number of nitrogens with one attached hydrogen (secondary N) is 1. The molecule has 3 heterocycles. The number of H-pyrrole nitrogens is 1. The van der Waals surface area contributed by atoms with Crippen LogP contribution in [-0.2, 0) is 14.4 Å². The summed E-state index contributed by atoms with van der Waals surface area (Å²) >= 11 is 0. The summed E-state index contributed by atoms with van der Waals surface area (Å²) in [5, 5.41) is 2.67. The molecular weight excluding hydrogens is 421 g/mol. The highest BCUT2D eigenvalue weighted by Crippen LogP contribution is 2.49. The highest BCUT2D eigenvalue weighted by atomic mass is 19.1. The van der Waals surface area contributed by atoms with E-state index in [1.165, 1.54) is 24.3 Å². The summed E-state index contributed by atoms with van der Waals surface area (Å²) in [6.45, 7) is 1.96. The van der Waals surface area contributed by atoms with Crippen LogP contribution in [0.1, 0.15) is 17.3 Å². The van der Waals surface area contributed by atoms with Crippen molar-refractivity contribution < 1.29 is 18.8 Å². The molecule has 0 spiro atoms. The van der Waals surface area contributed by atoms with Crippen LogP contribution in [-0.4, -0.2) is 22.9 Å². The lowest BCUT2D eigenvalue weighted by atomic mass is 9.89. The average Bonchev–Trinajstić information content (AvgIpc) is 3.44. The van der Waals surface area contributed by atoms with E-state index in [0.29, 0.717) is 5.69 Å². The highest BCUT2D eigenvalue weighted by molar-refractivity contribution is 6.24. The van der Waals surface area contributed by atoms with Gasteiger partial charge in [0, 0.05) is 22.2 Å². The predicted octanol–water partition coefficient (Wildman–Crippen LogP) is 4.67. The summed E-state index contributed by atoms with van der Waals surface area (Å²) in [6.07, 6.45) is -0.971. The van der Waals surface area contributed by atoms with Crippen LogP contribution in [0.15, 0.2) is 78.9 Å². The second-order valence-corrected chi connectivity index (χ2v) is 8.36. The monoisotopic (exact) mass is 441 g/mol. The van der Waals surface area contributed by atoms with Crippen LogP contribution in [0, 0.1) is 18.7 Å². The maximum absolute atomic E-state index is 13.7. The number of hydrogen-bond donors (Lipinski definition) is 1. The van der Waals surface area contributed by atoms with Crippen LogP contribution < -0.4 is 9.96 Å². The Bertz CT molecular complexity index is 1380. The Kier molecular flexibility index (Phi) is 4.35. The number of carbonyl (C=O) groups excluding carboxylic acids is 2. The first-order valence-corrected chi connectivity index (χ1v) is 10.8. The molecule has 3 aromatic carbocycles. The number of imide groups is 1. The minimum Gasteiger partial charge on any atom is -0.358 e. The summed E-state index contributed by atoms with van der Waals surface area (Å²) in [5.74, 6) is -1.99. The molecule has 4 aromatic rings. The molecule has 1 aromatic heterocycles. The molecule has 0 bridgehead atoms. The topological polar surface area (TPSA) is 65.6 Å². The van der Waals surface area contributed by atoms with E-state index in [2.05, 4.69) is 4.98 Å². The second kappa shape index (κ2) is 7.28. The van der Waals surface area contributed by atoms with Crippen molar-refractivity contribution in [2.45, 2.75) is 19.1 Å². The van der Waals surface area contributed by atoms with Gasteiger partial charge < -0.3 is 4.98 Å². The molecule has 0 aliphatic carbocycles. The number of aromatic amines is 1. The number of nitrogens with zero attached hydrogens (tertiary/aromatic N) is 2. The van der Waals surface area contributed by atoms with Gasteiger partial charge in [-0.25, -0.2) is 14.4 Å². The fourth-order valence-electron chi connectivity index (χ4n) is 5.03. The molecule has 2 fully saturated rings. The zero-order chi connectivity index (χ0) is 22.7. The van der Waals surface area contributed by atoms with Crippen LogP contribution in [0.4, 0.5) is 15.8 Å². The molecule has 33 heavy (non-hydrogen) atoms. The Morgan fingerprint density at radius 2 is 1.55 bits per heavy atom. The fraction of sp³-hybridized carbons (Fsp3) is 0.154. The Balaban J connectivity index is 1.51. The SMILES string of the molecule is Cc1[nH]c2ccccc2c1[C@H]1[C@@H]2C(=O)N(c3ccc(F)cc3)C(=O)[C@H]2ON1c1ccccc1. The van der Waals surface area contributed by atoms with Crippen molar-refractivity contribution >= 4 is 34.1 Å². The van der Waals surface area contributed by atoms with Crippen LogP contribution in [0.2, 0.25) is 0 Å². The zero-order valence-electron chi connectivity index (χ0n) is 17.7. The Labute approximate surface area is 189 Å². The molecule has 6 rings (SSSR count). The smallest absolute Gasteiger partial charge is 0.266 e. The second-order valence-electron chi connectivity index (χ2n) is 8.36. The number of carbonyl (C=O) groups is 2. The molecule has 164 valence electrons. The number of halogens is 1. The summed E-state index contributed by atoms with van der Waals surface area (Å²) < 4.78 is 13.5. The van der Waals surface area contributed by atoms with Gasteiger partial charge in [-0.2, -0.15) is 0 Å². The van der Waals surface area contributed by atoms with Gasteiger partial charge in [-0.05, 0) is 49.4 Å². The van der Waals surface area contributed by atoms with Gasteiger partial charge in [0.05, 0.1) is 17.4 Å². The summed E-state index contributed by atoms with van der Waals surface area (Å²) in [7, 11) is 0. The van der Waals surface area contributed by atoms with Gasteiger partial charge in [0.15, 0.2) is 6.10 Å². The molecule has 3 atom stereocenters. The number of benzene rings is 3. The van der Waals surface area contributed by atoms with Crippen LogP contribution in [0.3, 0.4) is 0 Å². The number of para-hydroxylation sites is 2. The van der Waals surface area contributed by atoms with E-state index < -0.39 is 29.8 Å². The van der Waals surface area contributed by atoms with Gasteiger partial charge in [-0.1, -0.05) is 36.4 Å². The minimum absolute atomic E-state index is 0.338. The Morgan fingerprint density at radius 1 is 0.848 bits per heavy atom. The molecule has 0 unspecified atom stereocenters. The number of aromatic nitrogens is 1. The van der Waals surface area contributed by atoms with Gasteiger partial charge in [0.2, 0.25) is 5.91 Å². The lowest BCUT2D eigenvalue weighted by Gasteiger charge is -2.29. The van der Waals surface area contributed by atoms with Crippen LogP contribution >= 0.6 is 0 Å². The fourth-order valence-corrected chi connectivity index (χ4v) is 5.03. The molecule has 6 nitrogen and oxygen atoms in total. The van der Waals surface area contributed by atoms with Crippen LogP contribution in [0.25, 0.3) is 10.9 Å². The molecule has 2 aliphatic heterocycles. The number of fused-ring (bicyclic) bond motifs is 2. The normalized spacial score (nSPS) is 22.4. The first-order chi connectivity index (χ1) is 16.0. The van der Waals surface area contributed by atoms with Crippen molar-refractivity contribution in [2.24, 2.45) is 5.92 Å². The van der Waals surface area contributed by atoms with Crippen LogP contribution in [0.5, 0.6) is 0 Å². The molecule has 7 heteroatoms. The van der Waals surface area contributed by atoms with E-state index >= 15 is 0 Å². The standard InChI is InChI=1S/C26H20FN3O3/c1-15-21(19-9-5-6-10-20(19)28-15)23-22-24(33-30(23)18-7-3-2-4-8-18)26(32)29(25(22)31)17-13-11-16(27)12-14-17/h2-14,22-24,28H,1H3/t22-,23-,24-/m0/s1. The van der Waals surface area contributed by atoms with E-state index in [-0.39, 0.29) is 5.91 Å². The van der Waals surface area contributed by atoms with Gasteiger partial charge >= 0.3 is 0 Å². The number of hydrogen-bond acceptors (Lipinski definition) is 4. The van der Waals surface area contributed by atoms with E-state index in [0.717, 1.165) is 32.7 Å². The van der Waals surface area contributed by atoms with Gasteiger partial charge in [-0.15, -0.1) is 0 Å². The average molecular weight is 441 g/mol. The Morgan fingerprint density at radius 3 is 2.30 bits per heavy atom. The summed E-state index contributed by atoms with van der Waals surface area (Å²) in [4.78, 5) is 37.8. The first-order valence-electron chi connectivity index (χ1n) is 10.8. The zero-order valence-corrected chi connectivity index (χ0v) is 17.7. The van der Waals surface area contributed by atoms with E-state index in [1.807, 2.05) is 61.5 Å². The maximum atomic E-state index is 13.7. The van der Waals surface area contributed by atoms with Crippen molar-refractivity contribution in [3.8, 4) is 0 Å². The lowest BCUT2D eigenvalue weighted by Crippen LogP contribution is -2.37. The minimum atomic E-state index is -0.971. The predicted molar refractivity (Wildman–Crippen MR) is 122 cm³/mol. The van der Waals surface area contributed by atoms with Crippen molar-refractivity contribution in [1.82, 2.24) is 4.98 Å². The molecule has 1 N–H and O–H groups in total. The van der Waals surface area contributed by atoms with Crippen molar-refractivity contribution in [1.29, 1.82) is 0 Å². The molecule has 2 aliphatic rings. The van der Waals surface area contributed by atoms with Crippen molar-refractivity contribution in [3.63, 3.8) is 0 Å². The molecule has 0 radical (unpaired) electrons. The van der Waals surface area contributed by atoms with Gasteiger partial charge in [0.25, 0.3) is 5.91 Å². The molecular formula is C26H20FN3O3. The molecule has 2 amide bonds. The van der Waals surface area contributed by atoms with Gasteiger partial charge in [0.1, 0.15) is 11.7 Å². The van der Waals surface area contributed by atoms with E-state index in [9.17, 15) is 14.0 Å². The molecule has 2 saturated heterocycles. The van der Waals surface area contributed by atoms with Crippen molar-refractivity contribution in [3.05, 3.63) is 95.9 Å². The highest BCUT2D eigenvalue weighted by Gasteiger charge is 2.60. The third-order valence-corrected chi connectivity index (χ3v) is 6.45. The largest absolute Gasteiger partial charge is 0.358 e.